The van der Waals surface area contributed by atoms with E-state index >= 15 is 0 Å². The highest BCUT2D eigenvalue weighted by molar-refractivity contribution is 5.57. The summed E-state index contributed by atoms with van der Waals surface area (Å²) >= 11 is 0. The smallest absolute Gasteiger partial charge is 0.113 e. The summed E-state index contributed by atoms with van der Waals surface area (Å²) in [4.78, 5) is 0. The van der Waals surface area contributed by atoms with Crippen LogP contribution in [0.4, 0.5) is 0 Å². The quantitative estimate of drug-likeness (QED) is 0.667. The molecule has 1 aromatic heterocycles. The highest BCUT2D eigenvalue weighted by Crippen LogP contribution is 2.16. The Kier molecular flexibility index (Phi) is 2.43. The van der Waals surface area contributed by atoms with Gasteiger partial charge in [0.15, 0.2) is 0 Å². The molecule has 3 aromatic rings. The van der Waals surface area contributed by atoms with Crippen molar-refractivity contribution in [2.45, 2.75) is 0 Å². The van der Waals surface area contributed by atoms with Crippen molar-refractivity contribution in [2.24, 2.45) is 0 Å². The van der Waals surface area contributed by atoms with Crippen molar-refractivity contribution in [3.8, 4) is 16.9 Å². The van der Waals surface area contributed by atoms with E-state index in [1.807, 2.05) is 66.9 Å². The summed E-state index contributed by atoms with van der Waals surface area (Å²) in [5.41, 5.74) is 2.98. The van der Waals surface area contributed by atoms with Crippen molar-refractivity contribution in [3.63, 3.8) is 0 Å². The second kappa shape index (κ2) is 4.22. The van der Waals surface area contributed by atoms with Gasteiger partial charge in [0.1, 0.15) is 5.69 Å². The summed E-state index contributed by atoms with van der Waals surface area (Å²) in [6.45, 7) is 0. The SMILES string of the molecule is c1ccc(-[13c]2cn(-c3ccccc3)nn2)cc1. The Morgan fingerprint density at radius 3 is 2.12 bits per heavy atom. The molecular weight excluding hydrogens is 211 g/mol. The van der Waals surface area contributed by atoms with Gasteiger partial charge in [0, 0.05) is 5.56 Å². The first-order valence-corrected chi connectivity index (χ1v) is 5.47. The van der Waals surface area contributed by atoms with Crippen LogP contribution in [0.1, 0.15) is 0 Å². The first kappa shape index (κ1) is 9.78. The average Bonchev–Trinajstić information content (AvgIpc) is 2.90. The molecule has 0 saturated heterocycles. The lowest BCUT2D eigenvalue weighted by atomic mass is 10.3. The first-order valence-electron chi connectivity index (χ1n) is 5.47. The van der Waals surface area contributed by atoms with Crippen molar-refractivity contribution in [3.05, 3.63) is 66.9 Å². The lowest BCUT2D eigenvalue weighted by Gasteiger charge is -1.97. The molecule has 0 amide bonds. The molecule has 0 bridgehead atoms. The van der Waals surface area contributed by atoms with E-state index < -0.39 is 0 Å². The summed E-state index contributed by atoms with van der Waals surface area (Å²) in [5.74, 6) is 0. The molecule has 3 rings (SSSR count). The second-order valence-electron chi connectivity index (χ2n) is 3.75. The van der Waals surface area contributed by atoms with Crippen molar-refractivity contribution < 1.29 is 0 Å². The highest BCUT2D eigenvalue weighted by Gasteiger charge is 2.03. The van der Waals surface area contributed by atoms with Crippen LogP contribution in [0.3, 0.4) is 0 Å². The van der Waals surface area contributed by atoms with Gasteiger partial charge in [-0.15, -0.1) is 5.10 Å². The molecule has 17 heavy (non-hydrogen) atoms. The predicted octanol–water partition coefficient (Wildman–Crippen LogP) is 2.93. The fraction of sp³-hybridized carbons (Fsp3) is 0. The van der Waals surface area contributed by atoms with Crippen LogP contribution in [0.5, 0.6) is 0 Å². The minimum Gasteiger partial charge on any atom is -0.220 e. The standard InChI is InChI=1S/C14H11N3/c1-3-7-12(8-4-1)14-11-17(16-15-14)13-9-5-2-6-10-13/h1-11H/i14+1. The number of aromatic nitrogens is 3. The Hall–Kier alpha value is -2.42. The maximum absolute atomic E-state index is 4.18. The molecule has 0 aliphatic carbocycles. The number of hydrogen-bond acceptors (Lipinski definition) is 2. The lowest BCUT2D eigenvalue weighted by Crippen LogP contribution is -1.93. The van der Waals surface area contributed by atoms with Crippen molar-refractivity contribution in [2.75, 3.05) is 0 Å². The molecule has 0 N–H and O–H groups in total. The summed E-state index contributed by atoms with van der Waals surface area (Å²) in [6, 6.07) is 20.0. The van der Waals surface area contributed by atoms with Crippen molar-refractivity contribution in [1.29, 1.82) is 0 Å². The fourth-order valence-electron chi connectivity index (χ4n) is 1.71. The molecule has 82 valence electrons. The maximum Gasteiger partial charge on any atom is 0.113 e. The van der Waals surface area contributed by atoms with Gasteiger partial charge in [-0.25, -0.2) is 4.68 Å². The molecule has 0 aliphatic rings. The largest absolute Gasteiger partial charge is 0.220 e. The molecule has 0 atom stereocenters. The minimum absolute atomic E-state index is 0.884. The van der Waals surface area contributed by atoms with E-state index in [-0.39, 0.29) is 0 Å². The zero-order valence-corrected chi connectivity index (χ0v) is 9.19. The third kappa shape index (κ3) is 1.95. The van der Waals surface area contributed by atoms with Crippen LogP contribution in [0.15, 0.2) is 66.9 Å². The van der Waals surface area contributed by atoms with Gasteiger partial charge in [0.05, 0.1) is 11.9 Å². The number of nitrogens with zero attached hydrogens (tertiary/aromatic N) is 3. The predicted molar refractivity (Wildman–Crippen MR) is 66.8 cm³/mol. The lowest BCUT2D eigenvalue weighted by molar-refractivity contribution is 0.804. The monoisotopic (exact) mass is 222 g/mol. The molecule has 3 heteroatoms. The normalized spacial score (nSPS) is 10.4. The van der Waals surface area contributed by atoms with E-state index in [2.05, 4.69) is 10.3 Å². The van der Waals surface area contributed by atoms with Gasteiger partial charge in [0.2, 0.25) is 0 Å². The zero-order chi connectivity index (χ0) is 11.5. The molecule has 0 fully saturated rings. The van der Waals surface area contributed by atoms with Crippen LogP contribution in [0.2, 0.25) is 0 Å². The third-order valence-corrected chi connectivity index (χ3v) is 2.58. The molecular formula is C14H11N3. The average molecular weight is 222 g/mol. The Bertz CT molecular complexity index is 546. The Labute approximate surface area is 99.3 Å². The van der Waals surface area contributed by atoms with Crippen LogP contribution in [-0.4, -0.2) is 15.0 Å². The Balaban J connectivity index is 1.99. The van der Waals surface area contributed by atoms with Crippen LogP contribution < -0.4 is 0 Å². The molecule has 3 nitrogen and oxygen atoms in total. The number of para-hydroxylation sites is 1. The first-order chi connectivity index (χ1) is 8.43. The van der Waals surface area contributed by atoms with Crippen LogP contribution in [0.25, 0.3) is 16.9 Å². The van der Waals surface area contributed by atoms with Gasteiger partial charge in [-0.3, -0.25) is 0 Å². The fourth-order valence-corrected chi connectivity index (χ4v) is 1.71. The second-order valence-corrected chi connectivity index (χ2v) is 3.75. The van der Waals surface area contributed by atoms with Crippen LogP contribution in [-0.2, 0) is 0 Å². The number of benzene rings is 2. The number of hydrogen-bond donors (Lipinski definition) is 0. The van der Waals surface area contributed by atoms with Gasteiger partial charge in [-0.1, -0.05) is 53.7 Å². The van der Waals surface area contributed by atoms with E-state index in [0.717, 1.165) is 16.9 Å². The molecule has 1 heterocycles. The van der Waals surface area contributed by atoms with Gasteiger partial charge in [-0.2, -0.15) is 0 Å². The van der Waals surface area contributed by atoms with Crippen molar-refractivity contribution >= 4 is 0 Å². The molecule has 0 radical (unpaired) electrons. The third-order valence-electron chi connectivity index (χ3n) is 2.58. The minimum atomic E-state index is 0.884. The molecule has 0 unspecified atom stereocenters. The van der Waals surface area contributed by atoms with E-state index in [1.165, 1.54) is 0 Å². The summed E-state index contributed by atoms with van der Waals surface area (Å²) < 4.78 is 1.78. The van der Waals surface area contributed by atoms with Crippen LogP contribution in [0, 0.1) is 0 Å². The molecule has 0 aliphatic heterocycles. The van der Waals surface area contributed by atoms with E-state index in [9.17, 15) is 0 Å². The zero-order valence-electron chi connectivity index (χ0n) is 9.19. The molecule has 0 saturated carbocycles. The van der Waals surface area contributed by atoms with Gasteiger partial charge < -0.3 is 0 Å². The van der Waals surface area contributed by atoms with E-state index in [0.29, 0.717) is 0 Å². The maximum atomic E-state index is 4.18. The summed E-state index contributed by atoms with van der Waals surface area (Å²) in [5, 5.41) is 8.31. The topological polar surface area (TPSA) is 30.7 Å². The summed E-state index contributed by atoms with van der Waals surface area (Å²) in [6.07, 6.45) is 1.94. The van der Waals surface area contributed by atoms with E-state index in [1.54, 1.807) is 4.68 Å². The summed E-state index contributed by atoms with van der Waals surface area (Å²) in [7, 11) is 0. The van der Waals surface area contributed by atoms with E-state index in [4.69, 9.17) is 0 Å². The Morgan fingerprint density at radius 1 is 0.765 bits per heavy atom. The highest BCUT2D eigenvalue weighted by atomic mass is 15.5. The molecule has 2 aromatic carbocycles. The van der Waals surface area contributed by atoms with Gasteiger partial charge in [-0.05, 0) is 12.1 Å². The van der Waals surface area contributed by atoms with Crippen molar-refractivity contribution in [1.82, 2.24) is 15.0 Å². The molecule has 0 spiro atoms. The Morgan fingerprint density at radius 2 is 1.41 bits per heavy atom. The number of rotatable bonds is 2. The van der Waals surface area contributed by atoms with Gasteiger partial charge >= 0.3 is 0 Å². The van der Waals surface area contributed by atoms with Gasteiger partial charge in [0.25, 0.3) is 0 Å². The van der Waals surface area contributed by atoms with Crippen LogP contribution >= 0.6 is 0 Å².